The molecular formula is C11H12Br2N4O5. The molecule has 1 amide bonds. The molecule has 11 heteroatoms. The van der Waals surface area contributed by atoms with Crippen molar-refractivity contribution in [3.05, 3.63) is 44.0 Å². The van der Waals surface area contributed by atoms with E-state index < -0.39 is 27.1 Å². The minimum atomic E-state index is -0.818. The van der Waals surface area contributed by atoms with Gasteiger partial charge in [-0.1, -0.05) is 31.9 Å². The monoisotopic (exact) mass is 438 g/mol. The van der Waals surface area contributed by atoms with Gasteiger partial charge in [-0.25, -0.2) is 5.01 Å². The Labute approximate surface area is 142 Å². The molecule has 1 rings (SSSR count). The summed E-state index contributed by atoms with van der Waals surface area (Å²) in [5.41, 5.74) is 1.26. The van der Waals surface area contributed by atoms with Crippen LogP contribution in [0.15, 0.2) is 18.2 Å². The maximum Gasteiger partial charge on any atom is 0.289 e. The predicted octanol–water partition coefficient (Wildman–Crippen LogP) is 2.24. The molecule has 0 aliphatic heterocycles. The van der Waals surface area contributed by atoms with Gasteiger partial charge in [-0.05, 0) is 6.07 Å². The summed E-state index contributed by atoms with van der Waals surface area (Å²) in [6, 6.07) is 2.90. The third-order valence-corrected chi connectivity index (χ3v) is 3.31. The van der Waals surface area contributed by atoms with Crippen LogP contribution in [-0.4, -0.2) is 44.5 Å². The smallest absolute Gasteiger partial charge is 0.284 e. The highest BCUT2D eigenvalue weighted by atomic mass is 79.9. The van der Waals surface area contributed by atoms with E-state index in [0.717, 1.165) is 18.2 Å². The summed E-state index contributed by atoms with van der Waals surface area (Å²) in [5, 5.41) is 24.5. The van der Waals surface area contributed by atoms with Gasteiger partial charge in [0, 0.05) is 29.8 Å². The third kappa shape index (κ3) is 5.00. The molecule has 0 aliphatic carbocycles. The molecule has 0 unspecified atom stereocenters. The second-order valence-corrected chi connectivity index (χ2v) is 5.61. The Morgan fingerprint density at radius 2 is 1.73 bits per heavy atom. The summed E-state index contributed by atoms with van der Waals surface area (Å²) in [5.74, 6) is -0.691. The lowest BCUT2D eigenvalue weighted by molar-refractivity contribution is -0.394. The second-order valence-electron chi connectivity index (χ2n) is 4.02. The number of nitro benzene ring substituents is 2. The first-order valence-corrected chi connectivity index (χ1v) is 8.25. The first-order chi connectivity index (χ1) is 10.4. The van der Waals surface area contributed by atoms with Crippen LogP contribution in [0.5, 0.6) is 0 Å². The molecule has 0 aromatic heterocycles. The number of halogens is 2. The molecule has 0 spiro atoms. The number of hydrazine groups is 1. The van der Waals surface area contributed by atoms with E-state index in [1.54, 1.807) is 5.01 Å². The van der Waals surface area contributed by atoms with Gasteiger partial charge in [-0.2, -0.15) is 0 Å². The summed E-state index contributed by atoms with van der Waals surface area (Å²) in [4.78, 5) is 32.3. The van der Waals surface area contributed by atoms with E-state index in [9.17, 15) is 25.0 Å². The fourth-order valence-electron chi connectivity index (χ4n) is 1.61. The molecule has 1 N–H and O–H groups in total. The summed E-state index contributed by atoms with van der Waals surface area (Å²) < 4.78 is 0. The first kappa shape index (κ1) is 18.5. The number of nitro groups is 2. The van der Waals surface area contributed by atoms with Crippen molar-refractivity contribution in [2.24, 2.45) is 0 Å². The van der Waals surface area contributed by atoms with E-state index in [4.69, 9.17) is 0 Å². The Kier molecular flexibility index (Phi) is 7.35. The fourth-order valence-corrected chi connectivity index (χ4v) is 2.46. The van der Waals surface area contributed by atoms with Crippen molar-refractivity contribution in [3.8, 4) is 0 Å². The number of benzene rings is 1. The van der Waals surface area contributed by atoms with Crippen molar-refractivity contribution in [2.45, 2.75) is 0 Å². The number of hydrogen-bond donors (Lipinski definition) is 1. The normalized spacial score (nSPS) is 10.5. The number of carbonyl (C=O) groups excluding carboxylic acids is 1. The van der Waals surface area contributed by atoms with Crippen molar-refractivity contribution in [2.75, 3.05) is 23.7 Å². The molecule has 1 aromatic carbocycles. The van der Waals surface area contributed by atoms with Gasteiger partial charge in [0.25, 0.3) is 17.3 Å². The average molecular weight is 440 g/mol. The molecule has 0 fully saturated rings. The quantitative estimate of drug-likeness (QED) is 0.377. The van der Waals surface area contributed by atoms with Gasteiger partial charge in [0.05, 0.1) is 15.9 Å². The molecule has 1 aromatic rings. The van der Waals surface area contributed by atoms with Crippen LogP contribution in [0.2, 0.25) is 0 Å². The zero-order valence-corrected chi connectivity index (χ0v) is 14.4. The predicted molar refractivity (Wildman–Crippen MR) is 86.4 cm³/mol. The maximum absolute atomic E-state index is 12.2. The lowest BCUT2D eigenvalue weighted by Gasteiger charge is -2.21. The van der Waals surface area contributed by atoms with Crippen LogP contribution in [-0.2, 0) is 0 Å². The van der Waals surface area contributed by atoms with Crippen LogP contribution in [0.25, 0.3) is 0 Å². The second kappa shape index (κ2) is 8.76. The molecule has 0 saturated heterocycles. The summed E-state index contributed by atoms with van der Waals surface area (Å²) >= 11 is 6.48. The van der Waals surface area contributed by atoms with Crippen LogP contribution in [0.1, 0.15) is 10.4 Å². The summed E-state index contributed by atoms with van der Waals surface area (Å²) in [6.45, 7) is 0.996. The van der Waals surface area contributed by atoms with Crippen LogP contribution >= 0.6 is 31.9 Å². The Morgan fingerprint density at radius 3 is 2.18 bits per heavy atom. The van der Waals surface area contributed by atoms with Gasteiger partial charge in [-0.15, -0.1) is 0 Å². The topological polar surface area (TPSA) is 119 Å². The highest BCUT2D eigenvalue weighted by Crippen LogP contribution is 2.24. The maximum atomic E-state index is 12.2. The number of nitrogens with one attached hydrogen (secondary N) is 1. The molecular weight excluding hydrogens is 428 g/mol. The van der Waals surface area contributed by atoms with Crippen LogP contribution in [0.3, 0.4) is 0 Å². The summed E-state index contributed by atoms with van der Waals surface area (Å²) in [7, 11) is 0. The molecule has 9 nitrogen and oxygen atoms in total. The number of carbonyl (C=O) groups is 1. The molecule has 0 atom stereocenters. The van der Waals surface area contributed by atoms with E-state index in [2.05, 4.69) is 37.3 Å². The van der Waals surface area contributed by atoms with Crippen molar-refractivity contribution in [1.29, 1.82) is 0 Å². The van der Waals surface area contributed by atoms with Gasteiger partial charge >= 0.3 is 0 Å². The van der Waals surface area contributed by atoms with Gasteiger partial charge in [-0.3, -0.25) is 30.4 Å². The number of rotatable bonds is 8. The van der Waals surface area contributed by atoms with Crippen molar-refractivity contribution >= 4 is 49.1 Å². The zero-order valence-electron chi connectivity index (χ0n) is 11.2. The van der Waals surface area contributed by atoms with Gasteiger partial charge < -0.3 is 0 Å². The van der Waals surface area contributed by atoms with Gasteiger partial charge in [0.1, 0.15) is 5.56 Å². The lowest BCUT2D eigenvalue weighted by atomic mass is 10.1. The van der Waals surface area contributed by atoms with E-state index in [1.807, 2.05) is 0 Å². The first-order valence-electron chi connectivity index (χ1n) is 6.01. The van der Waals surface area contributed by atoms with Crippen LogP contribution in [0, 0.1) is 20.2 Å². The summed E-state index contributed by atoms with van der Waals surface area (Å²) in [6.07, 6.45) is 0. The lowest BCUT2D eigenvalue weighted by Crippen LogP contribution is -2.44. The number of alkyl halides is 2. The molecule has 0 heterocycles. The Bertz CT molecular complexity index is 578. The molecule has 0 bridgehead atoms. The molecule has 120 valence electrons. The SMILES string of the molecule is O=C(NN(CCBr)CCBr)c1ccc([N+](=O)[O-])cc1[N+](=O)[O-]. The molecule has 22 heavy (non-hydrogen) atoms. The van der Waals surface area contributed by atoms with E-state index in [0.29, 0.717) is 23.7 Å². The zero-order chi connectivity index (χ0) is 16.7. The average Bonchev–Trinajstić information content (AvgIpc) is 2.46. The fraction of sp³-hybridized carbons (Fsp3) is 0.364. The highest BCUT2D eigenvalue weighted by Gasteiger charge is 2.24. The van der Waals surface area contributed by atoms with E-state index >= 15 is 0 Å². The van der Waals surface area contributed by atoms with Crippen molar-refractivity contribution in [1.82, 2.24) is 10.4 Å². The highest BCUT2D eigenvalue weighted by molar-refractivity contribution is 9.09. The molecule has 0 radical (unpaired) electrons. The number of amides is 1. The molecule has 0 aliphatic rings. The number of non-ortho nitro benzene ring substituents is 1. The van der Waals surface area contributed by atoms with Gasteiger partial charge in [0.2, 0.25) is 0 Å². The largest absolute Gasteiger partial charge is 0.289 e. The Hall–Kier alpha value is -1.59. The standard InChI is InChI=1S/C11H12Br2N4O5/c12-3-5-15(6-4-13)14-11(18)9-2-1-8(16(19)20)7-10(9)17(21)22/h1-2,7H,3-6H2,(H,14,18). The van der Waals surface area contributed by atoms with Crippen LogP contribution < -0.4 is 5.43 Å². The van der Waals surface area contributed by atoms with Crippen molar-refractivity contribution in [3.63, 3.8) is 0 Å². The minimum absolute atomic E-state index is 0.232. The number of nitrogens with zero attached hydrogens (tertiary/aromatic N) is 3. The van der Waals surface area contributed by atoms with Crippen LogP contribution in [0.4, 0.5) is 11.4 Å². The third-order valence-electron chi connectivity index (χ3n) is 2.60. The van der Waals surface area contributed by atoms with Gasteiger partial charge in [0.15, 0.2) is 0 Å². The Morgan fingerprint density at radius 1 is 1.14 bits per heavy atom. The van der Waals surface area contributed by atoms with E-state index in [-0.39, 0.29) is 5.56 Å². The molecule has 0 saturated carbocycles. The Balaban J connectivity index is 3.06. The number of hydrogen-bond acceptors (Lipinski definition) is 6. The van der Waals surface area contributed by atoms with E-state index in [1.165, 1.54) is 0 Å². The van der Waals surface area contributed by atoms with Crippen molar-refractivity contribution < 1.29 is 14.6 Å². The minimum Gasteiger partial charge on any atom is -0.284 e.